The Bertz CT molecular complexity index is 293. The van der Waals surface area contributed by atoms with Gasteiger partial charge in [0.25, 0.3) is 0 Å². The van der Waals surface area contributed by atoms with E-state index in [-0.39, 0.29) is 11.8 Å². The summed E-state index contributed by atoms with van der Waals surface area (Å²) in [5, 5.41) is 3.09. The van der Waals surface area contributed by atoms with Crippen LogP contribution in [0.1, 0.15) is 70.6 Å². The Balaban J connectivity index is 1.50. The molecular weight excluding hydrogens is 264 g/mol. The molecule has 2 aliphatic rings. The second kappa shape index (κ2) is 9.42. The van der Waals surface area contributed by atoms with Crippen molar-refractivity contribution in [2.24, 2.45) is 11.7 Å². The molecule has 2 aliphatic carbocycles. The third-order valence-electron chi connectivity index (χ3n) is 4.92. The fourth-order valence-electron chi connectivity index (χ4n) is 3.47. The van der Waals surface area contributed by atoms with E-state index < -0.39 is 0 Å². The van der Waals surface area contributed by atoms with Crippen molar-refractivity contribution >= 4 is 5.91 Å². The Morgan fingerprint density at radius 1 is 1.00 bits per heavy atom. The zero-order chi connectivity index (χ0) is 14.9. The van der Waals surface area contributed by atoms with Gasteiger partial charge in [0.15, 0.2) is 0 Å². The predicted octanol–water partition coefficient (Wildman–Crippen LogP) is 2.75. The quantitative estimate of drug-likeness (QED) is 0.585. The highest BCUT2D eigenvalue weighted by Gasteiger charge is 2.20. The van der Waals surface area contributed by atoms with Gasteiger partial charge in [-0.05, 0) is 44.9 Å². The molecule has 0 radical (unpaired) electrons. The summed E-state index contributed by atoms with van der Waals surface area (Å²) in [6.45, 7) is 1.51. The first-order valence-corrected chi connectivity index (χ1v) is 8.90. The third-order valence-corrected chi connectivity index (χ3v) is 4.92. The smallest absolute Gasteiger partial charge is 0.223 e. The van der Waals surface area contributed by atoms with Crippen LogP contribution in [0.2, 0.25) is 0 Å². The molecule has 2 fully saturated rings. The molecule has 0 saturated heterocycles. The summed E-state index contributed by atoms with van der Waals surface area (Å²) in [5.41, 5.74) is 5.89. The van der Waals surface area contributed by atoms with E-state index in [1.165, 1.54) is 25.7 Å². The van der Waals surface area contributed by atoms with Crippen molar-refractivity contribution in [3.05, 3.63) is 0 Å². The molecule has 0 atom stereocenters. The van der Waals surface area contributed by atoms with Gasteiger partial charge in [-0.2, -0.15) is 0 Å². The largest absolute Gasteiger partial charge is 0.378 e. The molecule has 0 aromatic rings. The zero-order valence-corrected chi connectivity index (χ0v) is 13.3. The van der Waals surface area contributed by atoms with Gasteiger partial charge in [-0.15, -0.1) is 0 Å². The van der Waals surface area contributed by atoms with Crippen molar-refractivity contribution in [3.8, 4) is 0 Å². The van der Waals surface area contributed by atoms with Crippen molar-refractivity contribution in [2.75, 3.05) is 13.2 Å². The van der Waals surface area contributed by atoms with Crippen LogP contribution in [0.4, 0.5) is 0 Å². The van der Waals surface area contributed by atoms with E-state index in [4.69, 9.17) is 10.5 Å². The monoisotopic (exact) mass is 296 g/mol. The van der Waals surface area contributed by atoms with Crippen LogP contribution >= 0.6 is 0 Å². The Hall–Kier alpha value is -0.610. The minimum atomic E-state index is 0.258. The van der Waals surface area contributed by atoms with E-state index in [1.807, 2.05) is 0 Å². The number of nitrogens with two attached hydrogens (primary N) is 1. The van der Waals surface area contributed by atoms with Gasteiger partial charge < -0.3 is 15.8 Å². The first-order chi connectivity index (χ1) is 10.3. The molecule has 1 amide bonds. The van der Waals surface area contributed by atoms with Gasteiger partial charge in [-0.1, -0.05) is 25.7 Å². The Morgan fingerprint density at radius 3 is 2.33 bits per heavy atom. The summed E-state index contributed by atoms with van der Waals surface area (Å²) in [7, 11) is 0. The predicted molar refractivity (Wildman–Crippen MR) is 85.0 cm³/mol. The summed E-state index contributed by atoms with van der Waals surface area (Å²) in [4.78, 5) is 12.1. The number of hydrogen-bond acceptors (Lipinski definition) is 3. The number of rotatable bonds is 6. The molecule has 2 saturated carbocycles. The molecule has 0 aromatic heterocycles. The van der Waals surface area contributed by atoms with E-state index in [9.17, 15) is 4.79 Å². The number of carbonyl (C=O) groups excluding carboxylic acids is 1. The highest BCUT2D eigenvalue weighted by molar-refractivity contribution is 5.78. The lowest BCUT2D eigenvalue weighted by Gasteiger charge is -2.26. The first kappa shape index (κ1) is 16.8. The highest BCUT2D eigenvalue weighted by atomic mass is 16.5. The molecular formula is C17H32N2O2. The summed E-state index contributed by atoms with van der Waals surface area (Å²) in [6.07, 6.45) is 12.8. The van der Waals surface area contributed by atoms with Crippen LogP contribution in [0.15, 0.2) is 0 Å². The number of nitrogens with one attached hydrogen (secondary N) is 1. The molecule has 0 aliphatic heterocycles. The maximum atomic E-state index is 12.1. The van der Waals surface area contributed by atoms with Crippen LogP contribution in [-0.2, 0) is 9.53 Å². The lowest BCUT2D eigenvalue weighted by Crippen LogP contribution is -2.33. The fourth-order valence-corrected chi connectivity index (χ4v) is 3.47. The standard InChI is InChI=1S/C17H32N2O2/c18-15-8-10-16(11-9-15)21-13-5-12-19-17(20)14-6-3-1-2-4-7-14/h14-16H,1-13,18H2,(H,19,20). The van der Waals surface area contributed by atoms with Crippen molar-refractivity contribution in [2.45, 2.75) is 82.8 Å². The van der Waals surface area contributed by atoms with E-state index in [0.717, 1.165) is 58.1 Å². The third kappa shape index (κ3) is 6.35. The first-order valence-electron chi connectivity index (χ1n) is 8.90. The molecule has 0 aromatic carbocycles. The minimum absolute atomic E-state index is 0.258. The number of carbonyl (C=O) groups is 1. The van der Waals surface area contributed by atoms with Crippen molar-refractivity contribution in [1.82, 2.24) is 5.32 Å². The number of hydrogen-bond donors (Lipinski definition) is 2. The summed E-state index contributed by atoms with van der Waals surface area (Å²) < 4.78 is 5.87. The number of amides is 1. The second-order valence-electron chi connectivity index (χ2n) is 6.74. The summed E-state index contributed by atoms with van der Waals surface area (Å²) >= 11 is 0. The Labute approximate surface area is 129 Å². The van der Waals surface area contributed by atoms with Gasteiger partial charge in [-0.3, -0.25) is 4.79 Å². The lowest BCUT2D eigenvalue weighted by atomic mass is 9.94. The average Bonchev–Trinajstić information content (AvgIpc) is 2.78. The molecule has 21 heavy (non-hydrogen) atoms. The molecule has 0 heterocycles. The van der Waals surface area contributed by atoms with E-state index in [1.54, 1.807) is 0 Å². The normalized spacial score (nSPS) is 28.0. The van der Waals surface area contributed by atoms with Crippen LogP contribution in [0.25, 0.3) is 0 Å². The van der Waals surface area contributed by atoms with E-state index >= 15 is 0 Å². The maximum Gasteiger partial charge on any atom is 0.223 e. The minimum Gasteiger partial charge on any atom is -0.378 e. The maximum absolute atomic E-state index is 12.1. The highest BCUT2D eigenvalue weighted by Crippen LogP contribution is 2.23. The average molecular weight is 296 g/mol. The SMILES string of the molecule is NC1CCC(OCCCNC(=O)C2CCCCCC2)CC1. The molecule has 0 bridgehead atoms. The zero-order valence-electron chi connectivity index (χ0n) is 13.3. The molecule has 0 unspecified atom stereocenters. The Morgan fingerprint density at radius 2 is 1.67 bits per heavy atom. The second-order valence-corrected chi connectivity index (χ2v) is 6.74. The van der Waals surface area contributed by atoms with Crippen LogP contribution in [0.3, 0.4) is 0 Å². The lowest BCUT2D eigenvalue weighted by molar-refractivity contribution is -0.125. The molecule has 122 valence electrons. The number of ether oxygens (including phenoxy) is 1. The van der Waals surface area contributed by atoms with Gasteiger partial charge in [0, 0.05) is 25.1 Å². The van der Waals surface area contributed by atoms with Crippen molar-refractivity contribution in [1.29, 1.82) is 0 Å². The molecule has 4 nitrogen and oxygen atoms in total. The van der Waals surface area contributed by atoms with Crippen LogP contribution < -0.4 is 11.1 Å². The van der Waals surface area contributed by atoms with Crippen LogP contribution in [0, 0.1) is 5.92 Å². The summed E-state index contributed by atoms with van der Waals surface area (Å²) in [5.74, 6) is 0.522. The van der Waals surface area contributed by atoms with Crippen molar-refractivity contribution in [3.63, 3.8) is 0 Å². The van der Waals surface area contributed by atoms with Crippen LogP contribution in [0.5, 0.6) is 0 Å². The topological polar surface area (TPSA) is 64.3 Å². The summed E-state index contributed by atoms with van der Waals surface area (Å²) in [6, 6.07) is 0.378. The van der Waals surface area contributed by atoms with Gasteiger partial charge in [-0.25, -0.2) is 0 Å². The van der Waals surface area contributed by atoms with Gasteiger partial charge in [0.1, 0.15) is 0 Å². The van der Waals surface area contributed by atoms with Crippen LogP contribution in [-0.4, -0.2) is 31.2 Å². The molecule has 2 rings (SSSR count). The molecule has 3 N–H and O–H groups in total. The van der Waals surface area contributed by atoms with Gasteiger partial charge >= 0.3 is 0 Å². The van der Waals surface area contributed by atoms with E-state index in [0.29, 0.717) is 12.1 Å². The fraction of sp³-hybridized carbons (Fsp3) is 0.941. The van der Waals surface area contributed by atoms with E-state index in [2.05, 4.69) is 5.32 Å². The molecule has 4 heteroatoms. The van der Waals surface area contributed by atoms with Gasteiger partial charge in [0.2, 0.25) is 5.91 Å². The molecule has 0 spiro atoms. The van der Waals surface area contributed by atoms with Crippen molar-refractivity contribution < 1.29 is 9.53 Å². The Kier molecular flexibility index (Phi) is 7.51. The van der Waals surface area contributed by atoms with Gasteiger partial charge in [0.05, 0.1) is 6.10 Å².